The number of hydrogen-bond donors (Lipinski definition) is 1. The molecule has 0 radical (unpaired) electrons. The summed E-state index contributed by atoms with van der Waals surface area (Å²) in [7, 11) is -3.63. The zero-order valence-corrected chi connectivity index (χ0v) is 12.3. The van der Waals surface area contributed by atoms with Gasteiger partial charge in [0, 0.05) is 11.6 Å². The number of hydrogen-bond acceptors (Lipinski definition) is 3. The maximum atomic E-state index is 12.7. The van der Waals surface area contributed by atoms with E-state index in [9.17, 15) is 13.5 Å². The number of aromatic nitrogens is 1. The lowest BCUT2D eigenvalue weighted by molar-refractivity contribution is 0.283. The first-order valence-corrected chi connectivity index (χ1v) is 8.00. The molecule has 0 saturated carbocycles. The van der Waals surface area contributed by atoms with Crippen LogP contribution in [0.3, 0.4) is 0 Å². The first kappa shape index (κ1) is 13.9. The van der Waals surface area contributed by atoms with Crippen molar-refractivity contribution >= 4 is 20.9 Å². The third-order valence-corrected chi connectivity index (χ3v) is 5.24. The van der Waals surface area contributed by atoms with E-state index in [0.717, 1.165) is 10.9 Å². The molecule has 5 heteroatoms. The van der Waals surface area contributed by atoms with Gasteiger partial charge in [-0.05, 0) is 36.8 Å². The topological polar surface area (TPSA) is 59.3 Å². The predicted molar refractivity (Wildman–Crippen MR) is 81.6 cm³/mol. The molecule has 0 unspecified atom stereocenters. The summed E-state index contributed by atoms with van der Waals surface area (Å²) in [4.78, 5) is 0.250. The van der Waals surface area contributed by atoms with E-state index in [-0.39, 0.29) is 11.5 Å². The average molecular weight is 301 g/mol. The van der Waals surface area contributed by atoms with Gasteiger partial charge in [-0.3, -0.25) is 0 Å². The van der Waals surface area contributed by atoms with Gasteiger partial charge in [-0.15, -0.1) is 0 Å². The van der Waals surface area contributed by atoms with Crippen molar-refractivity contribution in [2.75, 3.05) is 0 Å². The normalized spacial score (nSPS) is 11.9. The highest BCUT2D eigenvalue weighted by atomic mass is 32.2. The van der Waals surface area contributed by atoms with Crippen LogP contribution in [0.4, 0.5) is 0 Å². The van der Waals surface area contributed by atoms with E-state index in [1.807, 2.05) is 6.92 Å². The molecule has 0 saturated heterocycles. The smallest absolute Gasteiger partial charge is 0.268 e. The molecule has 0 aliphatic rings. The van der Waals surface area contributed by atoms with Gasteiger partial charge in [0.25, 0.3) is 10.0 Å². The van der Waals surface area contributed by atoms with Crippen molar-refractivity contribution in [3.05, 3.63) is 65.9 Å². The van der Waals surface area contributed by atoms with Crippen LogP contribution >= 0.6 is 0 Å². The van der Waals surface area contributed by atoms with E-state index in [1.54, 1.807) is 48.5 Å². The molecule has 108 valence electrons. The van der Waals surface area contributed by atoms with Crippen molar-refractivity contribution in [1.82, 2.24) is 3.97 Å². The fourth-order valence-electron chi connectivity index (χ4n) is 2.38. The number of aliphatic hydroxyl groups excluding tert-OH is 1. The molecule has 0 atom stereocenters. The molecule has 0 amide bonds. The van der Waals surface area contributed by atoms with Gasteiger partial charge in [-0.1, -0.05) is 29.8 Å². The Morgan fingerprint density at radius 2 is 1.76 bits per heavy atom. The summed E-state index contributed by atoms with van der Waals surface area (Å²) in [6.45, 7) is 1.79. The Labute approximate surface area is 123 Å². The largest absolute Gasteiger partial charge is 0.392 e. The number of fused-ring (bicyclic) bond motifs is 1. The maximum Gasteiger partial charge on any atom is 0.268 e. The molecule has 0 bridgehead atoms. The van der Waals surface area contributed by atoms with Gasteiger partial charge in [0.05, 0.1) is 17.0 Å². The average Bonchev–Trinajstić information content (AvgIpc) is 2.92. The van der Waals surface area contributed by atoms with Gasteiger partial charge in [0.2, 0.25) is 0 Å². The molecule has 0 aliphatic carbocycles. The molecule has 1 aromatic heterocycles. The van der Waals surface area contributed by atoms with E-state index >= 15 is 0 Å². The minimum atomic E-state index is -3.63. The zero-order chi connectivity index (χ0) is 15.0. The zero-order valence-electron chi connectivity index (χ0n) is 11.5. The van der Waals surface area contributed by atoms with Crippen LogP contribution in [0, 0.1) is 6.92 Å². The Hall–Kier alpha value is -2.11. The molecule has 0 spiro atoms. The number of rotatable bonds is 3. The minimum absolute atomic E-state index is 0.119. The lowest BCUT2D eigenvalue weighted by atomic mass is 10.1. The molecule has 1 N–H and O–H groups in total. The first-order valence-electron chi connectivity index (χ1n) is 6.56. The summed E-state index contributed by atoms with van der Waals surface area (Å²) < 4.78 is 26.7. The van der Waals surface area contributed by atoms with Crippen molar-refractivity contribution in [3.63, 3.8) is 0 Å². The highest BCUT2D eigenvalue weighted by Crippen LogP contribution is 2.25. The van der Waals surface area contributed by atoms with Crippen LogP contribution in [0.1, 0.15) is 11.1 Å². The fourth-order valence-corrected chi connectivity index (χ4v) is 3.72. The minimum Gasteiger partial charge on any atom is -0.392 e. The van der Waals surface area contributed by atoms with Gasteiger partial charge in [-0.2, -0.15) is 0 Å². The van der Waals surface area contributed by atoms with Crippen LogP contribution in [0.5, 0.6) is 0 Å². The molecular formula is C16H15NO3S. The summed E-state index contributed by atoms with van der Waals surface area (Å²) in [6, 6.07) is 13.7. The second kappa shape index (κ2) is 5.02. The molecule has 0 fully saturated rings. The van der Waals surface area contributed by atoms with E-state index < -0.39 is 10.0 Å². The van der Waals surface area contributed by atoms with Crippen molar-refractivity contribution in [1.29, 1.82) is 0 Å². The van der Waals surface area contributed by atoms with Gasteiger partial charge in [0.1, 0.15) is 0 Å². The van der Waals surface area contributed by atoms with E-state index in [2.05, 4.69) is 0 Å². The number of aliphatic hydroxyl groups is 1. The van der Waals surface area contributed by atoms with Crippen molar-refractivity contribution in [3.8, 4) is 0 Å². The summed E-state index contributed by atoms with van der Waals surface area (Å²) in [5.74, 6) is 0. The maximum absolute atomic E-state index is 12.7. The Morgan fingerprint density at radius 3 is 2.43 bits per heavy atom. The lowest BCUT2D eigenvalue weighted by Crippen LogP contribution is -2.11. The van der Waals surface area contributed by atoms with Gasteiger partial charge in [0.15, 0.2) is 0 Å². The third-order valence-electron chi connectivity index (χ3n) is 3.54. The van der Waals surface area contributed by atoms with Crippen LogP contribution in [-0.2, 0) is 16.6 Å². The van der Waals surface area contributed by atoms with Crippen molar-refractivity contribution < 1.29 is 13.5 Å². The predicted octanol–water partition coefficient (Wildman–Crippen LogP) is 2.68. The second-order valence-electron chi connectivity index (χ2n) is 4.94. The summed E-state index contributed by atoms with van der Waals surface area (Å²) in [5.41, 5.74) is 2.29. The summed E-state index contributed by atoms with van der Waals surface area (Å²) in [5, 5.41) is 10.1. The van der Waals surface area contributed by atoms with Crippen molar-refractivity contribution in [2.45, 2.75) is 18.4 Å². The monoisotopic (exact) mass is 301 g/mol. The molecule has 2 aromatic carbocycles. The van der Waals surface area contributed by atoms with E-state index in [1.165, 1.54) is 10.2 Å². The Balaban J connectivity index is 2.22. The van der Waals surface area contributed by atoms with Crippen LogP contribution < -0.4 is 0 Å². The number of benzene rings is 2. The fraction of sp³-hybridized carbons (Fsp3) is 0.125. The first-order chi connectivity index (χ1) is 10.0. The molecular weight excluding hydrogens is 286 g/mol. The lowest BCUT2D eigenvalue weighted by Gasteiger charge is -2.08. The molecule has 1 heterocycles. The molecule has 4 nitrogen and oxygen atoms in total. The molecule has 3 aromatic rings. The third kappa shape index (κ3) is 2.24. The van der Waals surface area contributed by atoms with Gasteiger partial charge < -0.3 is 5.11 Å². The highest BCUT2D eigenvalue weighted by Gasteiger charge is 2.19. The quantitative estimate of drug-likeness (QED) is 0.809. The summed E-state index contributed by atoms with van der Waals surface area (Å²) in [6.07, 6.45) is 1.53. The standard InChI is InChI=1S/C16H15NO3S/c1-12-5-7-14(8-6-12)21(19,20)17-10-9-15-13(11-18)3-2-4-16(15)17/h2-10,18H,11H2,1H3. The molecule has 3 rings (SSSR count). The van der Waals surface area contributed by atoms with Crippen LogP contribution in [0.15, 0.2) is 59.6 Å². The number of aryl methyl sites for hydroxylation is 1. The summed E-state index contributed by atoms with van der Waals surface area (Å²) >= 11 is 0. The van der Waals surface area contributed by atoms with Crippen LogP contribution in [0.2, 0.25) is 0 Å². The second-order valence-corrected chi connectivity index (χ2v) is 6.75. The van der Waals surface area contributed by atoms with Gasteiger partial charge >= 0.3 is 0 Å². The number of nitrogens with zero attached hydrogens (tertiary/aromatic N) is 1. The highest BCUT2D eigenvalue weighted by molar-refractivity contribution is 7.90. The van der Waals surface area contributed by atoms with E-state index in [0.29, 0.717) is 11.1 Å². The Kier molecular flexibility index (Phi) is 3.31. The van der Waals surface area contributed by atoms with Gasteiger partial charge in [-0.25, -0.2) is 12.4 Å². The Bertz CT molecular complexity index is 893. The molecule has 0 aliphatic heterocycles. The molecule has 21 heavy (non-hydrogen) atoms. The van der Waals surface area contributed by atoms with Crippen LogP contribution in [0.25, 0.3) is 10.9 Å². The van der Waals surface area contributed by atoms with Crippen LogP contribution in [-0.4, -0.2) is 17.5 Å². The SMILES string of the molecule is Cc1ccc(S(=O)(=O)n2ccc3c(CO)cccc32)cc1. The van der Waals surface area contributed by atoms with E-state index in [4.69, 9.17) is 0 Å². The Morgan fingerprint density at radius 1 is 1.05 bits per heavy atom. The van der Waals surface area contributed by atoms with Crippen molar-refractivity contribution in [2.24, 2.45) is 0 Å².